The number of hydrogen-bond donors (Lipinski definition) is 1. The highest BCUT2D eigenvalue weighted by Crippen LogP contribution is 2.27. The summed E-state index contributed by atoms with van der Waals surface area (Å²) in [7, 11) is 0. The molecule has 27 heavy (non-hydrogen) atoms. The van der Waals surface area contributed by atoms with Gasteiger partial charge in [-0.3, -0.25) is 9.78 Å². The highest BCUT2D eigenvalue weighted by atomic mass is 79.9. The fourth-order valence-electron chi connectivity index (χ4n) is 2.23. The highest BCUT2D eigenvalue weighted by Gasteiger charge is 2.17. The predicted octanol–water partition coefficient (Wildman–Crippen LogP) is 4.94. The van der Waals surface area contributed by atoms with Crippen molar-refractivity contribution in [3.05, 3.63) is 77.2 Å². The van der Waals surface area contributed by atoms with Crippen LogP contribution >= 0.6 is 27.7 Å². The maximum absolute atomic E-state index is 12.6. The molecule has 2 aromatic heterocycles. The van der Waals surface area contributed by atoms with Crippen LogP contribution in [0.2, 0.25) is 0 Å². The van der Waals surface area contributed by atoms with Gasteiger partial charge >= 0.3 is 0 Å². The summed E-state index contributed by atoms with van der Waals surface area (Å²) in [5, 5.41) is 2.58. The molecule has 0 aliphatic carbocycles. The molecule has 0 aliphatic rings. The molecule has 0 radical (unpaired) electrons. The molecule has 1 N–H and O–H groups in total. The number of nitrogens with one attached hydrogen (secondary N) is 1. The predicted molar refractivity (Wildman–Crippen MR) is 111 cm³/mol. The van der Waals surface area contributed by atoms with Gasteiger partial charge in [0, 0.05) is 28.0 Å². The lowest BCUT2D eigenvalue weighted by Gasteiger charge is -2.14. The second kappa shape index (κ2) is 9.53. The summed E-state index contributed by atoms with van der Waals surface area (Å²) in [4.78, 5) is 21.8. The fraction of sp³-hybridized carbons (Fsp3) is 0.150. The number of rotatable bonds is 7. The minimum Gasteiger partial charge on any atom is -0.485 e. The van der Waals surface area contributed by atoms with Crippen molar-refractivity contribution >= 4 is 39.4 Å². The van der Waals surface area contributed by atoms with Crippen LogP contribution in [0.5, 0.6) is 5.75 Å². The number of ether oxygens (including phenoxy) is 1. The first kappa shape index (κ1) is 19.4. The number of thioether (sulfide) groups is 1. The van der Waals surface area contributed by atoms with Crippen molar-refractivity contribution < 1.29 is 9.53 Å². The molecule has 7 heteroatoms. The summed E-state index contributed by atoms with van der Waals surface area (Å²) in [6.07, 6.45) is 5.05. The van der Waals surface area contributed by atoms with E-state index in [1.807, 2.05) is 43.3 Å². The number of pyridine rings is 2. The van der Waals surface area contributed by atoms with Crippen LogP contribution in [-0.2, 0) is 11.4 Å². The Kier molecular flexibility index (Phi) is 6.84. The Morgan fingerprint density at radius 1 is 1.15 bits per heavy atom. The van der Waals surface area contributed by atoms with Crippen LogP contribution in [0.15, 0.2) is 76.5 Å². The molecule has 0 fully saturated rings. The first-order valence-electron chi connectivity index (χ1n) is 8.31. The molecular formula is C20H18BrN3O2S. The minimum absolute atomic E-state index is 0.129. The Balaban J connectivity index is 1.62. The van der Waals surface area contributed by atoms with Crippen LogP contribution in [0.25, 0.3) is 0 Å². The van der Waals surface area contributed by atoms with Crippen molar-refractivity contribution in [2.45, 2.75) is 23.7 Å². The number of hydrogen-bond acceptors (Lipinski definition) is 5. The summed E-state index contributed by atoms with van der Waals surface area (Å²) in [5.41, 5.74) is 0.991. The summed E-state index contributed by atoms with van der Waals surface area (Å²) in [6.45, 7) is 2.24. The van der Waals surface area contributed by atoms with E-state index in [-0.39, 0.29) is 11.2 Å². The smallest absolute Gasteiger partial charge is 0.238 e. The zero-order valence-corrected chi connectivity index (χ0v) is 17.0. The van der Waals surface area contributed by atoms with Crippen LogP contribution < -0.4 is 10.1 Å². The molecule has 1 amide bonds. The van der Waals surface area contributed by atoms with Crippen molar-refractivity contribution in [1.29, 1.82) is 0 Å². The maximum Gasteiger partial charge on any atom is 0.238 e. The van der Waals surface area contributed by atoms with Crippen molar-refractivity contribution in [1.82, 2.24) is 9.97 Å². The third-order valence-electron chi connectivity index (χ3n) is 3.65. The van der Waals surface area contributed by atoms with Gasteiger partial charge in [0.25, 0.3) is 0 Å². The molecule has 5 nitrogen and oxygen atoms in total. The van der Waals surface area contributed by atoms with E-state index < -0.39 is 0 Å². The van der Waals surface area contributed by atoms with Crippen molar-refractivity contribution in [3.63, 3.8) is 0 Å². The van der Waals surface area contributed by atoms with Crippen molar-refractivity contribution in [2.75, 3.05) is 5.32 Å². The first-order valence-corrected chi connectivity index (χ1v) is 9.99. The molecule has 3 aromatic rings. The van der Waals surface area contributed by atoms with E-state index in [1.54, 1.807) is 30.7 Å². The molecule has 0 aliphatic heterocycles. The quantitative estimate of drug-likeness (QED) is 0.524. The van der Waals surface area contributed by atoms with Crippen LogP contribution in [0, 0.1) is 0 Å². The number of aromatic nitrogens is 2. The van der Waals surface area contributed by atoms with E-state index in [4.69, 9.17) is 4.74 Å². The van der Waals surface area contributed by atoms with Crippen molar-refractivity contribution in [3.8, 4) is 5.75 Å². The molecule has 0 saturated carbocycles. The third-order valence-corrected chi connectivity index (χ3v) is 5.29. The van der Waals surface area contributed by atoms with Gasteiger partial charge in [-0.15, -0.1) is 11.8 Å². The second-order valence-electron chi connectivity index (χ2n) is 5.70. The topological polar surface area (TPSA) is 64.1 Å². The van der Waals surface area contributed by atoms with Gasteiger partial charge in [-0.1, -0.05) is 15.9 Å². The Hall–Kier alpha value is -2.38. The van der Waals surface area contributed by atoms with Gasteiger partial charge in [0.1, 0.15) is 6.61 Å². The molecule has 0 saturated heterocycles. The van der Waals surface area contributed by atoms with Gasteiger partial charge in [-0.2, -0.15) is 0 Å². The zero-order chi connectivity index (χ0) is 19.1. The highest BCUT2D eigenvalue weighted by molar-refractivity contribution is 9.10. The summed E-state index contributed by atoms with van der Waals surface area (Å²) in [6, 6.07) is 15.2. The molecule has 1 atom stereocenters. The number of halogens is 1. The molecule has 0 bridgehead atoms. The molecule has 138 valence electrons. The first-order chi connectivity index (χ1) is 13.1. The number of nitrogens with zero attached hydrogens (tertiary/aromatic N) is 2. The van der Waals surface area contributed by atoms with Gasteiger partial charge in [0.2, 0.25) is 5.91 Å². The summed E-state index contributed by atoms with van der Waals surface area (Å²) >= 11 is 4.90. The van der Waals surface area contributed by atoms with Crippen LogP contribution in [0.1, 0.15) is 12.5 Å². The Morgan fingerprint density at radius 2 is 1.89 bits per heavy atom. The number of anilines is 1. The van der Waals surface area contributed by atoms with Crippen molar-refractivity contribution in [2.24, 2.45) is 0 Å². The lowest BCUT2D eigenvalue weighted by molar-refractivity contribution is -0.115. The van der Waals surface area contributed by atoms with Crippen LogP contribution in [-0.4, -0.2) is 21.1 Å². The van der Waals surface area contributed by atoms with E-state index in [2.05, 4.69) is 31.2 Å². The number of benzene rings is 1. The van der Waals surface area contributed by atoms with Gasteiger partial charge in [0.15, 0.2) is 11.6 Å². The standard InChI is InChI=1S/C20H18BrN3O2S/c1-14(27-17-6-4-16(21)5-7-17)20(25)24-19-18(3-2-10-23-19)26-13-15-8-11-22-12-9-15/h2-12,14H,13H2,1H3,(H,23,24,25). The number of carbonyl (C=O) groups is 1. The van der Waals surface area contributed by atoms with E-state index in [0.29, 0.717) is 18.2 Å². The Labute approximate surface area is 170 Å². The van der Waals surface area contributed by atoms with Gasteiger partial charge < -0.3 is 10.1 Å². The zero-order valence-electron chi connectivity index (χ0n) is 14.6. The maximum atomic E-state index is 12.6. The van der Waals surface area contributed by atoms with E-state index in [1.165, 1.54) is 11.8 Å². The molecule has 3 rings (SSSR count). The van der Waals surface area contributed by atoms with Crippen LogP contribution in [0.4, 0.5) is 5.82 Å². The largest absolute Gasteiger partial charge is 0.485 e. The SMILES string of the molecule is CC(Sc1ccc(Br)cc1)C(=O)Nc1ncccc1OCc1ccncc1. The number of carbonyl (C=O) groups excluding carboxylic acids is 1. The van der Waals surface area contributed by atoms with E-state index in [0.717, 1.165) is 14.9 Å². The third kappa shape index (κ3) is 5.80. The minimum atomic E-state index is -0.277. The Morgan fingerprint density at radius 3 is 2.63 bits per heavy atom. The van der Waals surface area contributed by atoms with Gasteiger partial charge in [-0.25, -0.2) is 4.98 Å². The van der Waals surface area contributed by atoms with Gasteiger partial charge in [-0.05, 0) is 61.0 Å². The lowest BCUT2D eigenvalue weighted by atomic mass is 10.3. The lowest BCUT2D eigenvalue weighted by Crippen LogP contribution is -2.23. The fourth-order valence-corrected chi connectivity index (χ4v) is 3.36. The Bertz CT molecular complexity index is 891. The monoisotopic (exact) mass is 443 g/mol. The average Bonchev–Trinajstić information content (AvgIpc) is 2.70. The van der Waals surface area contributed by atoms with Crippen LogP contribution in [0.3, 0.4) is 0 Å². The van der Waals surface area contributed by atoms with E-state index >= 15 is 0 Å². The van der Waals surface area contributed by atoms with E-state index in [9.17, 15) is 4.79 Å². The second-order valence-corrected chi connectivity index (χ2v) is 8.03. The van der Waals surface area contributed by atoms with Gasteiger partial charge in [0.05, 0.1) is 5.25 Å². The molecule has 1 unspecified atom stereocenters. The summed E-state index contributed by atoms with van der Waals surface area (Å²) < 4.78 is 6.83. The normalized spacial score (nSPS) is 11.6. The molecule has 0 spiro atoms. The number of amides is 1. The molecule has 2 heterocycles. The summed E-state index contributed by atoms with van der Waals surface area (Å²) in [5.74, 6) is 0.818. The molecule has 1 aromatic carbocycles. The molecular weight excluding hydrogens is 426 g/mol. The average molecular weight is 444 g/mol.